The molecule has 0 atom stereocenters. The molecule has 78 valence electrons. The molecule has 1 aliphatic rings. The molecule has 1 aliphatic carbocycles. The van der Waals surface area contributed by atoms with Gasteiger partial charge in [-0.3, -0.25) is 0 Å². The van der Waals surface area contributed by atoms with Crippen LogP contribution in [0, 0.1) is 6.92 Å². The topological polar surface area (TPSA) is 30.2 Å². The van der Waals surface area contributed by atoms with E-state index in [0.29, 0.717) is 5.92 Å². The van der Waals surface area contributed by atoms with Crippen LogP contribution >= 0.6 is 0 Å². The minimum absolute atomic E-state index is 0.690. The maximum atomic E-state index is 4.38. The molecule has 0 aromatic carbocycles. The van der Waals surface area contributed by atoms with Crippen LogP contribution in [0.3, 0.4) is 0 Å². The van der Waals surface area contributed by atoms with E-state index in [2.05, 4.69) is 17.0 Å². The van der Waals surface area contributed by atoms with Crippen molar-refractivity contribution < 1.29 is 0 Å². The summed E-state index contributed by atoms with van der Waals surface area (Å²) in [5.74, 6) is 0.690. The van der Waals surface area contributed by atoms with Crippen molar-refractivity contribution in [1.82, 2.24) is 14.6 Å². The number of hydrogen-bond acceptors (Lipinski definition) is 2. The second-order valence-corrected chi connectivity index (χ2v) is 4.41. The maximum Gasteiger partial charge on any atom is 0.155 e. The Balaban J connectivity index is 2.21. The maximum absolute atomic E-state index is 4.38. The molecule has 0 unspecified atom stereocenters. The van der Waals surface area contributed by atoms with Crippen LogP contribution in [0.25, 0.3) is 5.65 Å². The third-order valence-electron chi connectivity index (χ3n) is 3.39. The monoisotopic (exact) mass is 201 g/mol. The minimum Gasteiger partial charge on any atom is -0.237 e. The first kappa shape index (κ1) is 8.89. The summed E-state index contributed by atoms with van der Waals surface area (Å²) in [4.78, 5) is 4.37. The Morgan fingerprint density at radius 2 is 2.13 bits per heavy atom. The van der Waals surface area contributed by atoms with Gasteiger partial charge in [0.25, 0.3) is 0 Å². The summed E-state index contributed by atoms with van der Waals surface area (Å²) in [6.07, 6.45) is 9.13. The van der Waals surface area contributed by atoms with E-state index in [1.165, 1.54) is 36.9 Å². The fourth-order valence-electron chi connectivity index (χ4n) is 2.67. The van der Waals surface area contributed by atoms with Crippen LogP contribution < -0.4 is 0 Å². The highest BCUT2D eigenvalue weighted by molar-refractivity contribution is 5.40. The van der Waals surface area contributed by atoms with Gasteiger partial charge >= 0.3 is 0 Å². The minimum atomic E-state index is 0.690. The molecule has 0 aliphatic heterocycles. The van der Waals surface area contributed by atoms with Gasteiger partial charge in [-0.15, -0.1) is 0 Å². The second kappa shape index (κ2) is 3.33. The fourth-order valence-corrected chi connectivity index (χ4v) is 2.67. The lowest BCUT2D eigenvalue weighted by atomic mass is 10.0. The van der Waals surface area contributed by atoms with Gasteiger partial charge in [-0.2, -0.15) is 5.10 Å². The number of hydrogen-bond donors (Lipinski definition) is 0. The van der Waals surface area contributed by atoms with Gasteiger partial charge in [-0.25, -0.2) is 9.50 Å². The smallest absolute Gasteiger partial charge is 0.155 e. The lowest BCUT2D eigenvalue weighted by Crippen LogP contribution is -2.07. The van der Waals surface area contributed by atoms with E-state index >= 15 is 0 Å². The molecule has 15 heavy (non-hydrogen) atoms. The Morgan fingerprint density at radius 3 is 2.93 bits per heavy atom. The zero-order valence-corrected chi connectivity index (χ0v) is 8.98. The van der Waals surface area contributed by atoms with Crippen molar-refractivity contribution >= 4 is 5.65 Å². The highest BCUT2D eigenvalue weighted by atomic mass is 15.2. The molecule has 2 aromatic heterocycles. The van der Waals surface area contributed by atoms with Crippen LogP contribution in [0.2, 0.25) is 0 Å². The summed E-state index contributed by atoms with van der Waals surface area (Å²) in [7, 11) is 0. The highest BCUT2D eigenvalue weighted by Crippen LogP contribution is 2.35. The van der Waals surface area contributed by atoms with E-state index in [4.69, 9.17) is 0 Å². The number of fused-ring (bicyclic) bond motifs is 1. The van der Waals surface area contributed by atoms with Crippen molar-refractivity contribution in [3.63, 3.8) is 0 Å². The first-order valence-corrected chi connectivity index (χ1v) is 5.65. The van der Waals surface area contributed by atoms with Gasteiger partial charge in [0.2, 0.25) is 0 Å². The van der Waals surface area contributed by atoms with E-state index in [1.54, 1.807) is 0 Å². The van der Waals surface area contributed by atoms with Crippen LogP contribution in [-0.2, 0) is 0 Å². The third-order valence-corrected chi connectivity index (χ3v) is 3.39. The molecule has 0 N–H and O–H groups in total. The molecule has 2 aromatic rings. The van der Waals surface area contributed by atoms with Gasteiger partial charge in [0.05, 0.1) is 11.9 Å². The Labute approximate surface area is 89.1 Å². The molecule has 3 nitrogen and oxygen atoms in total. The van der Waals surface area contributed by atoms with Crippen LogP contribution in [0.5, 0.6) is 0 Å². The largest absolute Gasteiger partial charge is 0.237 e. The summed E-state index contributed by atoms with van der Waals surface area (Å²) in [6.45, 7) is 2.14. The summed E-state index contributed by atoms with van der Waals surface area (Å²) in [5.41, 5.74) is 3.63. The van der Waals surface area contributed by atoms with Gasteiger partial charge in [0.15, 0.2) is 5.65 Å². The molecule has 2 heterocycles. The van der Waals surface area contributed by atoms with Crippen molar-refractivity contribution in [1.29, 1.82) is 0 Å². The average Bonchev–Trinajstić information content (AvgIpc) is 2.85. The molecule has 3 heteroatoms. The first-order chi connectivity index (χ1) is 7.36. The van der Waals surface area contributed by atoms with Crippen LogP contribution in [0.4, 0.5) is 0 Å². The van der Waals surface area contributed by atoms with E-state index < -0.39 is 0 Å². The zero-order valence-electron chi connectivity index (χ0n) is 8.98. The average molecular weight is 201 g/mol. The second-order valence-electron chi connectivity index (χ2n) is 4.41. The van der Waals surface area contributed by atoms with Gasteiger partial charge in [0, 0.05) is 18.2 Å². The third kappa shape index (κ3) is 1.34. The van der Waals surface area contributed by atoms with Gasteiger partial charge < -0.3 is 0 Å². The Morgan fingerprint density at radius 1 is 1.33 bits per heavy atom. The quantitative estimate of drug-likeness (QED) is 0.710. The Kier molecular flexibility index (Phi) is 1.97. The van der Waals surface area contributed by atoms with Crippen molar-refractivity contribution in [2.75, 3.05) is 0 Å². The highest BCUT2D eigenvalue weighted by Gasteiger charge is 2.21. The normalized spacial score (nSPS) is 17.7. The summed E-state index contributed by atoms with van der Waals surface area (Å²) >= 11 is 0. The predicted octanol–water partition coefficient (Wildman–Crippen LogP) is 2.70. The van der Waals surface area contributed by atoms with Gasteiger partial charge in [-0.05, 0) is 25.3 Å². The standard InChI is InChI=1S/C12H15N3/c1-9-8-13-11-6-7-14-15(11)12(9)10-4-2-3-5-10/h6-8,10H,2-5H2,1H3. The molecule has 1 fully saturated rings. The number of aryl methyl sites for hydroxylation is 1. The van der Waals surface area contributed by atoms with Crippen LogP contribution in [0.1, 0.15) is 42.9 Å². The summed E-state index contributed by atoms with van der Waals surface area (Å²) in [5, 5.41) is 4.38. The van der Waals surface area contributed by atoms with Crippen molar-refractivity contribution in [2.45, 2.75) is 38.5 Å². The molecule has 0 amide bonds. The van der Waals surface area contributed by atoms with Crippen LogP contribution in [-0.4, -0.2) is 14.6 Å². The molecular formula is C12H15N3. The van der Waals surface area contributed by atoms with Crippen molar-refractivity contribution in [2.24, 2.45) is 0 Å². The van der Waals surface area contributed by atoms with Gasteiger partial charge in [0.1, 0.15) is 0 Å². The molecule has 0 saturated heterocycles. The molecule has 0 spiro atoms. The van der Waals surface area contributed by atoms with Crippen LogP contribution in [0.15, 0.2) is 18.5 Å². The van der Waals surface area contributed by atoms with Crippen molar-refractivity contribution in [3.05, 3.63) is 29.7 Å². The predicted molar refractivity (Wildman–Crippen MR) is 58.9 cm³/mol. The number of aromatic nitrogens is 3. The lowest BCUT2D eigenvalue weighted by molar-refractivity contribution is 0.654. The van der Waals surface area contributed by atoms with E-state index in [1.807, 2.05) is 23.0 Å². The van der Waals surface area contributed by atoms with E-state index in [-0.39, 0.29) is 0 Å². The SMILES string of the molecule is Cc1cnc2ccnn2c1C1CCCC1. The zero-order chi connectivity index (χ0) is 10.3. The number of rotatable bonds is 1. The molecular weight excluding hydrogens is 186 g/mol. The summed E-state index contributed by atoms with van der Waals surface area (Å²) in [6, 6.07) is 1.97. The molecule has 0 radical (unpaired) electrons. The van der Waals surface area contributed by atoms with E-state index in [0.717, 1.165) is 5.65 Å². The Hall–Kier alpha value is -1.38. The lowest BCUT2D eigenvalue weighted by Gasteiger charge is -2.14. The summed E-state index contributed by atoms with van der Waals surface area (Å²) < 4.78 is 2.02. The number of nitrogens with zero attached hydrogens (tertiary/aromatic N) is 3. The first-order valence-electron chi connectivity index (χ1n) is 5.65. The molecule has 0 bridgehead atoms. The van der Waals surface area contributed by atoms with E-state index in [9.17, 15) is 0 Å². The Bertz CT molecular complexity index is 481. The molecule has 3 rings (SSSR count). The van der Waals surface area contributed by atoms with Crippen molar-refractivity contribution in [3.8, 4) is 0 Å². The van der Waals surface area contributed by atoms with Gasteiger partial charge in [-0.1, -0.05) is 12.8 Å². The fraction of sp³-hybridized carbons (Fsp3) is 0.500. The molecule has 1 saturated carbocycles.